The van der Waals surface area contributed by atoms with Crippen LogP contribution in [0.5, 0.6) is 0 Å². The van der Waals surface area contributed by atoms with Gasteiger partial charge in [0, 0.05) is 6.07 Å². The summed E-state index contributed by atoms with van der Waals surface area (Å²) in [5.74, 6) is -0.259. The molecule has 1 aliphatic carbocycles. The van der Waals surface area contributed by atoms with Gasteiger partial charge in [0.15, 0.2) is 0 Å². The van der Waals surface area contributed by atoms with Gasteiger partial charge in [-0.25, -0.2) is 8.78 Å². The van der Waals surface area contributed by atoms with Gasteiger partial charge < -0.3 is 5.73 Å². The van der Waals surface area contributed by atoms with Gasteiger partial charge in [0.2, 0.25) is 0 Å². The SMILES string of the molecule is CC(C)(C)C1CCC(CN)(Cc2ccc(F)cc2F)CC1. The summed E-state index contributed by atoms with van der Waals surface area (Å²) in [5, 5.41) is 0. The van der Waals surface area contributed by atoms with E-state index in [0.717, 1.165) is 31.7 Å². The molecule has 1 nitrogen and oxygen atoms in total. The number of nitrogens with two attached hydrogens (primary N) is 1. The van der Waals surface area contributed by atoms with E-state index in [4.69, 9.17) is 5.73 Å². The molecule has 0 radical (unpaired) electrons. The fraction of sp³-hybridized carbons (Fsp3) is 0.667. The monoisotopic (exact) mass is 295 g/mol. The van der Waals surface area contributed by atoms with Crippen LogP contribution in [0.1, 0.15) is 52.0 Å². The first-order valence-corrected chi connectivity index (χ1v) is 7.90. The molecule has 0 heterocycles. The molecule has 0 amide bonds. The van der Waals surface area contributed by atoms with Crippen molar-refractivity contribution < 1.29 is 8.78 Å². The van der Waals surface area contributed by atoms with Crippen molar-refractivity contribution in [3.8, 4) is 0 Å². The largest absolute Gasteiger partial charge is 0.330 e. The Hall–Kier alpha value is -0.960. The van der Waals surface area contributed by atoms with Crippen LogP contribution < -0.4 is 5.73 Å². The highest BCUT2D eigenvalue weighted by Gasteiger charge is 2.38. The van der Waals surface area contributed by atoms with Crippen LogP contribution in [0, 0.1) is 28.4 Å². The molecule has 1 fully saturated rings. The molecule has 3 heteroatoms. The van der Waals surface area contributed by atoms with Crippen molar-refractivity contribution in [2.24, 2.45) is 22.5 Å². The van der Waals surface area contributed by atoms with E-state index in [2.05, 4.69) is 20.8 Å². The summed E-state index contributed by atoms with van der Waals surface area (Å²) in [5.41, 5.74) is 6.91. The van der Waals surface area contributed by atoms with Gasteiger partial charge in [0.05, 0.1) is 0 Å². The molecule has 0 saturated heterocycles. The Morgan fingerprint density at radius 2 is 1.81 bits per heavy atom. The molecule has 1 aromatic carbocycles. The van der Waals surface area contributed by atoms with Crippen LogP contribution in [0.3, 0.4) is 0 Å². The molecule has 21 heavy (non-hydrogen) atoms. The van der Waals surface area contributed by atoms with Crippen molar-refractivity contribution in [1.82, 2.24) is 0 Å². The normalized spacial score (nSPS) is 26.9. The van der Waals surface area contributed by atoms with Gasteiger partial charge in [-0.15, -0.1) is 0 Å². The highest BCUT2D eigenvalue weighted by atomic mass is 19.1. The van der Waals surface area contributed by atoms with Crippen LogP contribution in [0.15, 0.2) is 18.2 Å². The molecule has 2 N–H and O–H groups in total. The van der Waals surface area contributed by atoms with Crippen molar-refractivity contribution in [1.29, 1.82) is 0 Å². The standard InChI is InChI=1S/C18H27F2N/c1-17(2,3)14-6-8-18(12-21,9-7-14)11-13-4-5-15(19)10-16(13)20/h4-5,10,14H,6-9,11-12,21H2,1-3H3. The molecule has 0 aromatic heterocycles. The molecule has 0 spiro atoms. The summed E-state index contributed by atoms with van der Waals surface area (Å²) in [4.78, 5) is 0. The molecular weight excluding hydrogens is 268 g/mol. The van der Waals surface area contributed by atoms with E-state index < -0.39 is 11.6 Å². The van der Waals surface area contributed by atoms with Gasteiger partial charge in [-0.05, 0) is 67.0 Å². The fourth-order valence-electron chi connectivity index (χ4n) is 3.62. The molecule has 0 unspecified atom stereocenters. The Labute approximate surface area is 126 Å². The first-order chi connectivity index (χ1) is 9.76. The van der Waals surface area contributed by atoms with Crippen molar-refractivity contribution in [2.75, 3.05) is 6.54 Å². The number of halogens is 2. The Bertz CT molecular complexity index is 482. The third-order valence-electron chi connectivity index (χ3n) is 5.28. The molecule has 0 bridgehead atoms. The summed E-state index contributed by atoms with van der Waals surface area (Å²) in [6, 6.07) is 3.88. The summed E-state index contributed by atoms with van der Waals surface area (Å²) < 4.78 is 26.9. The van der Waals surface area contributed by atoms with Gasteiger partial charge in [-0.1, -0.05) is 26.8 Å². The van der Waals surface area contributed by atoms with Crippen molar-refractivity contribution in [3.63, 3.8) is 0 Å². The maximum Gasteiger partial charge on any atom is 0.129 e. The Balaban J connectivity index is 2.10. The van der Waals surface area contributed by atoms with Crippen LogP contribution in [0.2, 0.25) is 0 Å². The maximum atomic E-state index is 13.9. The van der Waals surface area contributed by atoms with Crippen LogP contribution in [0.25, 0.3) is 0 Å². The topological polar surface area (TPSA) is 26.0 Å². The minimum atomic E-state index is -0.519. The van der Waals surface area contributed by atoms with E-state index in [-0.39, 0.29) is 5.41 Å². The van der Waals surface area contributed by atoms with E-state index >= 15 is 0 Å². The predicted molar refractivity (Wildman–Crippen MR) is 83.0 cm³/mol. The zero-order valence-corrected chi connectivity index (χ0v) is 13.4. The Morgan fingerprint density at radius 1 is 1.19 bits per heavy atom. The van der Waals surface area contributed by atoms with Crippen LogP contribution in [0.4, 0.5) is 8.78 Å². The summed E-state index contributed by atoms with van der Waals surface area (Å²) >= 11 is 0. The van der Waals surface area contributed by atoms with E-state index in [1.807, 2.05) is 0 Å². The van der Waals surface area contributed by atoms with Crippen molar-refractivity contribution in [3.05, 3.63) is 35.4 Å². The number of hydrogen-bond donors (Lipinski definition) is 1. The Kier molecular flexibility index (Phi) is 4.72. The fourth-order valence-corrected chi connectivity index (χ4v) is 3.62. The third-order valence-corrected chi connectivity index (χ3v) is 5.28. The molecular formula is C18H27F2N. The number of hydrogen-bond acceptors (Lipinski definition) is 1. The lowest BCUT2D eigenvalue weighted by Crippen LogP contribution is -2.39. The highest BCUT2D eigenvalue weighted by Crippen LogP contribution is 2.46. The minimum Gasteiger partial charge on any atom is -0.330 e. The van der Waals surface area contributed by atoms with Gasteiger partial charge >= 0.3 is 0 Å². The lowest BCUT2D eigenvalue weighted by Gasteiger charge is -2.44. The van der Waals surface area contributed by atoms with Gasteiger partial charge in [0.25, 0.3) is 0 Å². The van der Waals surface area contributed by atoms with Crippen molar-refractivity contribution in [2.45, 2.75) is 52.9 Å². The predicted octanol–water partition coefficient (Wildman–Crippen LogP) is 4.69. The molecule has 0 atom stereocenters. The average Bonchev–Trinajstić information content (AvgIpc) is 2.41. The number of rotatable bonds is 3. The summed E-state index contributed by atoms with van der Waals surface area (Å²) in [6.07, 6.45) is 4.96. The molecule has 1 aliphatic rings. The quantitative estimate of drug-likeness (QED) is 0.860. The molecule has 118 valence electrons. The summed E-state index contributed by atoms with van der Waals surface area (Å²) in [7, 11) is 0. The minimum absolute atomic E-state index is 0.0274. The van der Waals surface area contributed by atoms with Crippen molar-refractivity contribution >= 4 is 0 Å². The third kappa shape index (κ3) is 3.82. The highest BCUT2D eigenvalue weighted by molar-refractivity contribution is 5.20. The van der Waals surface area contributed by atoms with Gasteiger partial charge in [0.1, 0.15) is 11.6 Å². The van der Waals surface area contributed by atoms with Gasteiger partial charge in [-0.3, -0.25) is 0 Å². The zero-order chi connectivity index (χ0) is 15.7. The van der Waals surface area contributed by atoms with E-state index in [0.29, 0.717) is 29.9 Å². The lowest BCUT2D eigenvalue weighted by atomic mass is 9.62. The zero-order valence-electron chi connectivity index (χ0n) is 13.4. The summed E-state index contributed by atoms with van der Waals surface area (Å²) in [6.45, 7) is 7.42. The number of benzene rings is 1. The van der Waals surface area contributed by atoms with Gasteiger partial charge in [-0.2, -0.15) is 0 Å². The second kappa shape index (κ2) is 6.04. The van der Waals surface area contributed by atoms with Crippen LogP contribution in [-0.4, -0.2) is 6.54 Å². The second-order valence-electron chi connectivity index (χ2n) is 7.76. The lowest BCUT2D eigenvalue weighted by molar-refractivity contribution is 0.0920. The average molecular weight is 295 g/mol. The van der Waals surface area contributed by atoms with Crippen LogP contribution in [-0.2, 0) is 6.42 Å². The molecule has 1 aromatic rings. The molecule has 2 rings (SSSR count). The molecule has 0 aliphatic heterocycles. The molecule has 1 saturated carbocycles. The maximum absolute atomic E-state index is 13.9. The van der Waals surface area contributed by atoms with E-state index in [1.165, 1.54) is 6.07 Å². The van der Waals surface area contributed by atoms with Crippen LogP contribution >= 0.6 is 0 Å². The first kappa shape index (κ1) is 16.4. The smallest absolute Gasteiger partial charge is 0.129 e. The van der Waals surface area contributed by atoms with E-state index in [1.54, 1.807) is 6.07 Å². The first-order valence-electron chi connectivity index (χ1n) is 7.90. The Morgan fingerprint density at radius 3 is 2.29 bits per heavy atom. The second-order valence-corrected chi connectivity index (χ2v) is 7.76. The van der Waals surface area contributed by atoms with E-state index in [9.17, 15) is 8.78 Å².